The van der Waals surface area contributed by atoms with Crippen LogP contribution in [0, 0.1) is 12.7 Å². The van der Waals surface area contributed by atoms with E-state index >= 15 is 0 Å². The maximum absolute atomic E-state index is 13.3. The number of nitrogens with one attached hydrogen (secondary N) is 2. The van der Waals surface area contributed by atoms with Gasteiger partial charge in [-0.3, -0.25) is 9.59 Å². The van der Waals surface area contributed by atoms with Gasteiger partial charge in [0.1, 0.15) is 11.6 Å². The fourth-order valence-electron chi connectivity index (χ4n) is 3.37. The number of benzene rings is 2. The molecule has 0 aliphatic carbocycles. The number of hydrogen-bond acceptors (Lipinski definition) is 4. The zero-order valence-electron chi connectivity index (χ0n) is 15.2. The largest absolute Gasteiger partial charge is 0.310 e. The van der Waals surface area contributed by atoms with E-state index in [1.54, 1.807) is 6.07 Å². The van der Waals surface area contributed by atoms with Crippen LogP contribution in [0.15, 0.2) is 58.5 Å². The topological polar surface area (TPSA) is 74.8 Å². The molecule has 5 nitrogen and oxygen atoms in total. The molecule has 1 amide bonds. The molecule has 28 heavy (non-hydrogen) atoms. The van der Waals surface area contributed by atoms with E-state index in [2.05, 4.69) is 15.3 Å². The first kappa shape index (κ1) is 18.4. The van der Waals surface area contributed by atoms with Crippen LogP contribution in [0.5, 0.6) is 0 Å². The number of hydrogen-bond donors (Lipinski definition) is 2. The smallest absolute Gasteiger partial charge is 0.257 e. The molecule has 4 rings (SSSR count). The standard InChI is InChI=1S/C21H18FN3O2S/c1-12-4-2-6-14(8-12)16-10-17(26)23-19-18(16)20(27)25-21(24-19)28-11-13-5-3-7-15(22)9-13/h2-9,16H,10-11H2,1H3,(H2,23,24,25,26,27). The van der Waals surface area contributed by atoms with Crippen LogP contribution in [0.25, 0.3) is 0 Å². The van der Waals surface area contributed by atoms with E-state index in [1.165, 1.54) is 23.9 Å². The van der Waals surface area contributed by atoms with Crippen molar-refractivity contribution in [1.29, 1.82) is 0 Å². The van der Waals surface area contributed by atoms with Gasteiger partial charge < -0.3 is 10.3 Å². The number of rotatable bonds is 4. The number of thioether (sulfide) groups is 1. The van der Waals surface area contributed by atoms with Gasteiger partial charge in [-0.15, -0.1) is 0 Å². The van der Waals surface area contributed by atoms with Crippen LogP contribution in [0.4, 0.5) is 10.2 Å². The van der Waals surface area contributed by atoms with Crippen molar-refractivity contribution in [3.8, 4) is 0 Å². The Morgan fingerprint density at radius 3 is 2.79 bits per heavy atom. The summed E-state index contributed by atoms with van der Waals surface area (Å²) in [6, 6.07) is 14.1. The summed E-state index contributed by atoms with van der Waals surface area (Å²) >= 11 is 1.29. The Bertz CT molecular complexity index is 1110. The van der Waals surface area contributed by atoms with E-state index in [1.807, 2.05) is 37.3 Å². The van der Waals surface area contributed by atoms with E-state index in [0.29, 0.717) is 22.3 Å². The number of amides is 1. The lowest BCUT2D eigenvalue weighted by Crippen LogP contribution is -2.31. The van der Waals surface area contributed by atoms with Crippen LogP contribution in [-0.4, -0.2) is 15.9 Å². The van der Waals surface area contributed by atoms with Gasteiger partial charge in [-0.05, 0) is 30.2 Å². The third-order valence-electron chi connectivity index (χ3n) is 4.64. The Morgan fingerprint density at radius 2 is 2.00 bits per heavy atom. The van der Waals surface area contributed by atoms with Crippen molar-refractivity contribution in [1.82, 2.24) is 9.97 Å². The highest BCUT2D eigenvalue weighted by atomic mass is 32.2. The fourth-order valence-corrected chi connectivity index (χ4v) is 4.17. The molecule has 142 valence electrons. The number of anilines is 1. The second kappa shape index (κ2) is 7.59. The average molecular weight is 395 g/mol. The molecule has 1 aliphatic rings. The zero-order chi connectivity index (χ0) is 19.7. The van der Waals surface area contributed by atoms with Crippen molar-refractivity contribution < 1.29 is 9.18 Å². The van der Waals surface area contributed by atoms with Crippen molar-refractivity contribution in [3.63, 3.8) is 0 Å². The Balaban J connectivity index is 1.66. The normalized spacial score (nSPS) is 15.8. The van der Waals surface area contributed by atoms with Gasteiger partial charge in [0, 0.05) is 18.1 Å². The minimum absolute atomic E-state index is 0.168. The molecule has 2 aromatic carbocycles. The number of aryl methyl sites for hydroxylation is 1. The summed E-state index contributed by atoms with van der Waals surface area (Å²) in [5, 5.41) is 3.11. The molecular weight excluding hydrogens is 377 g/mol. The molecule has 1 aliphatic heterocycles. The summed E-state index contributed by atoms with van der Waals surface area (Å²) in [7, 11) is 0. The maximum Gasteiger partial charge on any atom is 0.257 e. The van der Waals surface area contributed by atoms with Crippen LogP contribution in [0.2, 0.25) is 0 Å². The molecule has 0 saturated heterocycles. The van der Waals surface area contributed by atoms with Crippen LogP contribution >= 0.6 is 11.8 Å². The number of fused-ring (bicyclic) bond motifs is 1. The van der Waals surface area contributed by atoms with Crippen molar-refractivity contribution in [2.45, 2.75) is 30.2 Å². The lowest BCUT2D eigenvalue weighted by molar-refractivity contribution is -0.116. The highest BCUT2D eigenvalue weighted by Crippen LogP contribution is 2.34. The van der Waals surface area contributed by atoms with Gasteiger partial charge >= 0.3 is 0 Å². The molecule has 0 bridgehead atoms. The monoisotopic (exact) mass is 395 g/mol. The summed E-state index contributed by atoms with van der Waals surface area (Å²) in [6.45, 7) is 1.97. The maximum atomic E-state index is 13.3. The molecule has 3 aromatic rings. The van der Waals surface area contributed by atoms with Gasteiger partial charge in [-0.1, -0.05) is 53.7 Å². The third-order valence-corrected chi connectivity index (χ3v) is 5.58. The number of H-pyrrole nitrogens is 1. The zero-order valence-corrected chi connectivity index (χ0v) is 16.0. The number of halogens is 1. The van der Waals surface area contributed by atoms with Crippen molar-refractivity contribution in [3.05, 3.63) is 87.0 Å². The average Bonchev–Trinajstić information content (AvgIpc) is 2.65. The number of carbonyl (C=O) groups is 1. The van der Waals surface area contributed by atoms with E-state index < -0.39 is 0 Å². The van der Waals surface area contributed by atoms with Gasteiger partial charge in [0.25, 0.3) is 5.56 Å². The molecule has 1 aromatic heterocycles. The van der Waals surface area contributed by atoms with Gasteiger partial charge in [0.15, 0.2) is 5.16 Å². The van der Waals surface area contributed by atoms with Gasteiger partial charge in [0.2, 0.25) is 5.91 Å². The number of aromatic nitrogens is 2. The van der Waals surface area contributed by atoms with Crippen molar-refractivity contribution in [2.24, 2.45) is 0 Å². The molecule has 0 radical (unpaired) electrons. The van der Waals surface area contributed by atoms with Gasteiger partial charge in [0.05, 0.1) is 5.56 Å². The van der Waals surface area contributed by atoms with Crippen LogP contribution in [-0.2, 0) is 10.5 Å². The first-order valence-corrected chi connectivity index (χ1v) is 9.86. The number of nitrogens with zero attached hydrogens (tertiary/aromatic N) is 1. The van der Waals surface area contributed by atoms with Crippen molar-refractivity contribution >= 4 is 23.5 Å². The summed E-state index contributed by atoms with van der Waals surface area (Å²) in [6.07, 6.45) is 0.205. The minimum Gasteiger partial charge on any atom is -0.310 e. The SMILES string of the molecule is Cc1cccc(C2CC(=O)Nc3nc(SCc4cccc(F)c4)[nH]c(=O)c32)c1. The molecule has 0 spiro atoms. The van der Waals surface area contributed by atoms with E-state index in [4.69, 9.17) is 0 Å². The highest BCUT2D eigenvalue weighted by Gasteiger charge is 2.31. The van der Waals surface area contributed by atoms with Crippen LogP contribution in [0.1, 0.15) is 34.6 Å². The molecule has 2 N–H and O–H groups in total. The quantitative estimate of drug-likeness (QED) is 0.518. The molecule has 0 saturated carbocycles. The number of aromatic amines is 1. The third kappa shape index (κ3) is 3.84. The van der Waals surface area contributed by atoms with Crippen LogP contribution in [0.3, 0.4) is 0 Å². The molecule has 1 atom stereocenters. The highest BCUT2D eigenvalue weighted by molar-refractivity contribution is 7.98. The summed E-state index contributed by atoms with van der Waals surface area (Å²) < 4.78 is 13.3. The predicted octanol–water partition coefficient (Wildman–Crippen LogP) is 3.98. The first-order chi connectivity index (χ1) is 13.5. The minimum atomic E-state index is -0.331. The van der Waals surface area contributed by atoms with E-state index in [0.717, 1.165) is 16.7 Å². The lowest BCUT2D eigenvalue weighted by Gasteiger charge is -2.24. The molecule has 1 unspecified atom stereocenters. The predicted molar refractivity (Wildman–Crippen MR) is 107 cm³/mol. The Morgan fingerprint density at radius 1 is 1.18 bits per heavy atom. The van der Waals surface area contributed by atoms with Crippen LogP contribution < -0.4 is 10.9 Å². The van der Waals surface area contributed by atoms with Gasteiger partial charge in [-0.2, -0.15) is 0 Å². The Labute approximate surface area is 165 Å². The summed E-state index contributed by atoms with van der Waals surface area (Å²) in [5.41, 5.74) is 2.98. The Hall–Kier alpha value is -2.93. The summed E-state index contributed by atoms with van der Waals surface area (Å²) in [5.74, 6) is -0.0544. The fraction of sp³-hybridized carbons (Fsp3) is 0.190. The molecule has 7 heteroatoms. The first-order valence-electron chi connectivity index (χ1n) is 8.87. The number of carbonyl (C=O) groups excluding carboxylic acids is 1. The second-order valence-corrected chi connectivity index (χ2v) is 7.74. The molecular formula is C21H18FN3O2S. The molecule has 0 fully saturated rings. The van der Waals surface area contributed by atoms with Crippen molar-refractivity contribution in [2.75, 3.05) is 5.32 Å². The van der Waals surface area contributed by atoms with Gasteiger partial charge in [-0.25, -0.2) is 9.37 Å². The summed E-state index contributed by atoms with van der Waals surface area (Å²) in [4.78, 5) is 32.3. The van der Waals surface area contributed by atoms with E-state index in [-0.39, 0.29) is 29.6 Å². The Kier molecular flexibility index (Phi) is 5.00. The second-order valence-electron chi connectivity index (χ2n) is 6.77. The molecule has 2 heterocycles. The van der Waals surface area contributed by atoms with E-state index in [9.17, 15) is 14.0 Å². The lowest BCUT2D eigenvalue weighted by atomic mass is 9.86.